The first-order valence-electron chi connectivity index (χ1n) is 4.74. The second kappa shape index (κ2) is 4.01. The van der Waals surface area contributed by atoms with Gasteiger partial charge in [-0.2, -0.15) is 0 Å². The number of benzene rings is 1. The zero-order valence-corrected chi connectivity index (χ0v) is 8.14. The van der Waals surface area contributed by atoms with Gasteiger partial charge in [-0.1, -0.05) is 31.2 Å². The molecule has 0 aliphatic carbocycles. The van der Waals surface area contributed by atoms with Crippen molar-refractivity contribution in [3.63, 3.8) is 0 Å². The third-order valence-corrected chi connectivity index (χ3v) is 2.23. The fourth-order valence-electron chi connectivity index (χ4n) is 1.42. The van der Waals surface area contributed by atoms with Gasteiger partial charge in [0.1, 0.15) is 6.33 Å². The van der Waals surface area contributed by atoms with Gasteiger partial charge in [0.15, 0.2) is 0 Å². The Morgan fingerprint density at radius 3 is 2.57 bits per heavy atom. The lowest BCUT2D eigenvalue weighted by molar-refractivity contribution is 1.14. The molecule has 2 heteroatoms. The van der Waals surface area contributed by atoms with Crippen LogP contribution >= 0.6 is 0 Å². The molecule has 0 atom stereocenters. The number of nitrogens with zero attached hydrogens (tertiary/aromatic N) is 2. The molecule has 0 spiro atoms. The molecule has 0 amide bonds. The molecule has 0 saturated carbocycles. The van der Waals surface area contributed by atoms with E-state index in [-0.39, 0.29) is 0 Å². The van der Waals surface area contributed by atoms with Crippen molar-refractivity contribution in [3.05, 3.63) is 48.5 Å². The Balaban J connectivity index is 2.42. The van der Waals surface area contributed by atoms with Crippen molar-refractivity contribution >= 4 is 0 Å². The number of aromatic nitrogens is 2. The zero-order chi connectivity index (χ0) is 9.80. The number of hydrogen-bond donors (Lipinski definition) is 0. The molecule has 2 aromatic rings. The van der Waals surface area contributed by atoms with E-state index in [4.69, 9.17) is 0 Å². The fraction of sp³-hybridized carbons (Fsp3) is 0.167. The van der Waals surface area contributed by atoms with Crippen LogP contribution in [0, 0.1) is 0 Å². The quantitative estimate of drug-likeness (QED) is 0.717. The summed E-state index contributed by atoms with van der Waals surface area (Å²) in [5.74, 6) is 0. The van der Waals surface area contributed by atoms with Gasteiger partial charge >= 0.3 is 0 Å². The average Bonchev–Trinajstić information content (AvgIpc) is 2.30. The van der Waals surface area contributed by atoms with Gasteiger partial charge in [-0.25, -0.2) is 9.97 Å². The largest absolute Gasteiger partial charge is 0.244 e. The lowest BCUT2D eigenvalue weighted by Crippen LogP contribution is -1.84. The molecule has 0 fully saturated rings. The van der Waals surface area contributed by atoms with Crippen LogP contribution in [0.1, 0.15) is 12.5 Å². The van der Waals surface area contributed by atoms with Gasteiger partial charge in [-0.05, 0) is 17.5 Å². The molecule has 0 aliphatic rings. The SMILES string of the molecule is CCc1cccc(-c2cncnc2)c1. The van der Waals surface area contributed by atoms with Gasteiger partial charge in [-0.3, -0.25) is 0 Å². The molecule has 1 aromatic carbocycles. The third kappa shape index (κ3) is 1.79. The third-order valence-electron chi connectivity index (χ3n) is 2.23. The summed E-state index contributed by atoms with van der Waals surface area (Å²) < 4.78 is 0. The van der Waals surface area contributed by atoms with E-state index in [1.807, 2.05) is 12.4 Å². The molecular weight excluding hydrogens is 172 g/mol. The highest BCUT2D eigenvalue weighted by molar-refractivity contribution is 5.62. The molecule has 70 valence electrons. The minimum atomic E-state index is 1.06. The van der Waals surface area contributed by atoms with Crippen LogP contribution in [0.15, 0.2) is 43.0 Å². The van der Waals surface area contributed by atoms with Crippen molar-refractivity contribution in [2.45, 2.75) is 13.3 Å². The highest BCUT2D eigenvalue weighted by Gasteiger charge is 1.97. The van der Waals surface area contributed by atoms with Gasteiger partial charge in [0, 0.05) is 18.0 Å². The summed E-state index contributed by atoms with van der Waals surface area (Å²) in [6, 6.07) is 8.46. The maximum atomic E-state index is 4.01. The van der Waals surface area contributed by atoms with Crippen LogP contribution in [0.3, 0.4) is 0 Å². The standard InChI is InChI=1S/C12H12N2/c1-2-10-4-3-5-11(6-10)12-7-13-9-14-8-12/h3-9H,2H2,1H3. The van der Waals surface area contributed by atoms with E-state index >= 15 is 0 Å². The van der Waals surface area contributed by atoms with Crippen molar-refractivity contribution in [3.8, 4) is 11.1 Å². The van der Waals surface area contributed by atoms with Crippen molar-refractivity contribution in [1.29, 1.82) is 0 Å². The van der Waals surface area contributed by atoms with Gasteiger partial charge in [0.2, 0.25) is 0 Å². The summed E-state index contributed by atoms with van der Waals surface area (Å²) in [4.78, 5) is 8.01. The Hall–Kier alpha value is -1.70. The van der Waals surface area contributed by atoms with Gasteiger partial charge in [0.05, 0.1) is 0 Å². The maximum absolute atomic E-state index is 4.01. The minimum Gasteiger partial charge on any atom is -0.244 e. The van der Waals surface area contributed by atoms with E-state index in [1.54, 1.807) is 6.33 Å². The van der Waals surface area contributed by atoms with Crippen molar-refractivity contribution in [2.24, 2.45) is 0 Å². The molecule has 0 N–H and O–H groups in total. The first-order valence-corrected chi connectivity index (χ1v) is 4.74. The summed E-state index contributed by atoms with van der Waals surface area (Å²) in [5.41, 5.74) is 3.60. The van der Waals surface area contributed by atoms with Crippen LogP contribution in [-0.2, 0) is 6.42 Å². The number of aryl methyl sites for hydroxylation is 1. The Kier molecular flexibility index (Phi) is 2.54. The summed E-state index contributed by atoms with van der Waals surface area (Å²) in [6.07, 6.45) is 6.28. The summed E-state index contributed by atoms with van der Waals surface area (Å²) >= 11 is 0. The van der Waals surface area contributed by atoms with Crippen molar-refractivity contribution < 1.29 is 0 Å². The van der Waals surface area contributed by atoms with Crippen LogP contribution in [-0.4, -0.2) is 9.97 Å². The molecular formula is C12H12N2. The van der Waals surface area contributed by atoms with E-state index in [9.17, 15) is 0 Å². The molecule has 1 aromatic heterocycles. The second-order valence-electron chi connectivity index (χ2n) is 3.18. The molecule has 0 aliphatic heterocycles. The van der Waals surface area contributed by atoms with Crippen LogP contribution in [0.25, 0.3) is 11.1 Å². The van der Waals surface area contributed by atoms with Gasteiger partial charge in [0.25, 0.3) is 0 Å². The lowest BCUT2D eigenvalue weighted by atomic mass is 10.0. The molecule has 1 heterocycles. The Labute approximate surface area is 83.7 Å². The van der Waals surface area contributed by atoms with Gasteiger partial charge in [-0.15, -0.1) is 0 Å². The molecule has 14 heavy (non-hydrogen) atoms. The fourth-order valence-corrected chi connectivity index (χ4v) is 1.42. The number of rotatable bonds is 2. The van der Waals surface area contributed by atoms with E-state index < -0.39 is 0 Å². The van der Waals surface area contributed by atoms with E-state index in [1.165, 1.54) is 11.1 Å². The first-order chi connectivity index (χ1) is 6.90. The van der Waals surface area contributed by atoms with Crippen LogP contribution in [0.2, 0.25) is 0 Å². The van der Waals surface area contributed by atoms with Crippen molar-refractivity contribution in [1.82, 2.24) is 9.97 Å². The summed E-state index contributed by atoms with van der Waals surface area (Å²) in [5, 5.41) is 0. The molecule has 0 radical (unpaired) electrons. The van der Waals surface area contributed by atoms with E-state index in [0.717, 1.165) is 12.0 Å². The Bertz CT molecular complexity index is 410. The number of hydrogen-bond acceptors (Lipinski definition) is 2. The predicted molar refractivity (Wildman–Crippen MR) is 56.8 cm³/mol. The monoisotopic (exact) mass is 184 g/mol. The normalized spacial score (nSPS) is 10.1. The molecule has 0 unspecified atom stereocenters. The minimum absolute atomic E-state index is 1.06. The molecule has 2 nitrogen and oxygen atoms in total. The lowest BCUT2D eigenvalue weighted by Gasteiger charge is -2.02. The Morgan fingerprint density at radius 2 is 1.86 bits per heavy atom. The maximum Gasteiger partial charge on any atom is 0.115 e. The summed E-state index contributed by atoms with van der Waals surface area (Å²) in [7, 11) is 0. The van der Waals surface area contributed by atoms with Crippen LogP contribution < -0.4 is 0 Å². The first kappa shape index (κ1) is 8.88. The van der Waals surface area contributed by atoms with Crippen LogP contribution in [0.4, 0.5) is 0 Å². The topological polar surface area (TPSA) is 25.8 Å². The average molecular weight is 184 g/mol. The Morgan fingerprint density at radius 1 is 1.07 bits per heavy atom. The molecule has 0 bridgehead atoms. The van der Waals surface area contributed by atoms with Crippen LogP contribution in [0.5, 0.6) is 0 Å². The van der Waals surface area contributed by atoms with Crippen molar-refractivity contribution in [2.75, 3.05) is 0 Å². The highest BCUT2D eigenvalue weighted by Crippen LogP contribution is 2.18. The second-order valence-corrected chi connectivity index (χ2v) is 3.18. The highest BCUT2D eigenvalue weighted by atomic mass is 14.8. The molecule has 0 saturated heterocycles. The van der Waals surface area contributed by atoms with Gasteiger partial charge < -0.3 is 0 Å². The zero-order valence-electron chi connectivity index (χ0n) is 8.14. The predicted octanol–water partition coefficient (Wildman–Crippen LogP) is 2.71. The van der Waals surface area contributed by atoms with E-state index in [0.29, 0.717) is 0 Å². The smallest absolute Gasteiger partial charge is 0.115 e. The summed E-state index contributed by atoms with van der Waals surface area (Å²) in [6.45, 7) is 2.15. The molecule has 2 rings (SSSR count). The van der Waals surface area contributed by atoms with E-state index in [2.05, 4.69) is 41.2 Å².